The first kappa shape index (κ1) is 25.1. The number of nitrogens with zero attached hydrogens (tertiary/aromatic N) is 2. The molecular formula is C20H16F6N2O6. The zero-order chi connectivity index (χ0) is 25.3. The fourth-order valence-electron chi connectivity index (χ4n) is 3.54. The smallest absolute Gasteiger partial charge is 0.420 e. The summed E-state index contributed by atoms with van der Waals surface area (Å²) >= 11 is 0. The third kappa shape index (κ3) is 5.85. The second-order valence-corrected chi connectivity index (χ2v) is 7.51. The molecule has 0 spiro atoms. The number of nitro groups is 2. The monoisotopic (exact) mass is 494 g/mol. The van der Waals surface area contributed by atoms with Gasteiger partial charge in [-0.2, -0.15) is 26.3 Å². The van der Waals surface area contributed by atoms with Crippen molar-refractivity contribution in [3.05, 3.63) is 67.8 Å². The fraction of sp³-hybridized carbons (Fsp3) is 0.400. The summed E-state index contributed by atoms with van der Waals surface area (Å²) in [6.07, 6.45) is -10.7. The zero-order valence-corrected chi connectivity index (χ0v) is 17.1. The van der Waals surface area contributed by atoms with Crippen LogP contribution in [0.3, 0.4) is 0 Å². The Kier molecular flexibility index (Phi) is 6.89. The van der Waals surface area contributed by atoms with Gasteiger partial charge in [-0.3, -0.25) is 20.2 Å². The first-order valence-electron chi connectivity index (χ1n) is 9.80. The Morgan fingerprint density at radius 1 is 0.676 bits per heavy atom. The molecule has 0 atom stereocenters. The highest BCUT2D eigenvalue weighted by Gasteiger charge is 2.39. The maximum Gasteiger partial charge on any atom is 0.420 e. The molecule has 0 radical (unpaired) electrons. The van der Waals surface area contributed by atoms with Crippen LogP contribution in [-0.4, -0.2) is 22.1 Å². The van der Waals surface area contributed by atoms with Gasteiger partial charge in [0.05, 0.1) is 22.1 Å². The van der Waals surface area contributed by atoms with Gasteiger partial charge in [-0.1, -0.05) is 0 Å². The molecule has 3 rings (SSSR count). The number of alkyl halides is 6. The molecule has 34 heavy (non-hydrogen) atoms. The van der Waals surface area contributed by atoms with E-state index < -0.39 is 68.4 Å². The van der Waals surface area contributed by atoms with Crippen molar-refractivity contribution in [2.45, 2.75) is 50.2 Å². The van der Waals surface area contributed by atoms with Crippen molar-refractivity contribution in [1.29, 1.82) is 0 Å². The Bertz CT molecular complexity index is 995. The van der Waals surface area contributed by atoms with Crippen LogP contribution in [0, 0.1) is 20.2 Å². The molecule has 0 heterocycles. The van der Waals surface area contributed by atoms with Gasteiger partial charge in [0.15, 0.2) is 0 Å². The molecule has 2 aromatic carbocycles. The zero-order valence-electron chi connectivity index (χ0n) is 17.1. The predicted molar refractivity (Wildman–Crippen MR) is 103 cm³/mol. The van der Waals surface area contributed by atoms with Crippen LogP contribution in [0.1, 0.15) is 36.8 Å². The summed E-state index contributed by atoms with van der Waals surface area (Å²) in [4.78, 5) is 19.6. The molecule has 184 valence electrons. The minimum atomic E-state index is -4.90. The maximum absolute atomic E-state index is 13.3. The Hall–Kier alpha value is -3.58. The molecule has 14 heteroatoms. The highest BCUT2D eigenvalue weighted by molar-refractivity contribution is 5.46. The molecular weight excluding hydrogens is 478 g/mol. The molecule has 0 aliphatic heterocycles. The van der Waals surface area contributed by atoms with Gasteiger partial charge in [-0.15, -0.1) is 0 Å². The Morgan fingerprint density at radius 3 is 1.26 bits per heavy atom. The van der Waals surface area contributed by atoms with E-state index >= 15 is 0 Å². The third-order valence-corrected chi connectivity index (χ3v) is 5.17. The summed E-state index contributed by atoms with van der Waals surface area (Å²) in [6, 6.07) is 4.22. The van der Waals surface area contributed by atoms with Crippen LogP contribution in [0.15, 0.2) is 36.4 Å². The van der Waals surface area contributed by atoms with Crippen LogP contribution in [0.5, 0.6) is 11.5 Å². The molecule has 8 nitrogen and oxygen atoms in total. The van der Waals surface area contributed by atoms with E-state index in [9.17, 15) is 46.6 Å². The van der Waals surface area contributed by atoms with E-state index in [0.29, 0.717) is 12.1 Å². The van der Waals surface area contributed by atoms with Gasteiger partial charge >= 0.3 is 12.4 Å². The van der Waals surface area contributed by atoms with Gasteiger partial charge in [0.25, 0.3) is 11.4 Å². The molecule has 0 amide bonds. The summed E-state index contributed by atoms with van der Waals surface area (Å²) in [5, 5.41) is 21.6. The van der Waals surface area contributed by atoms with E-state index in [0.717, 1.165) is 24.3 Å². The maximum atomic E-state index is 13.3. The number of hydrogen-bond donors (Lipinski definition) is 0. The quantitative estimate of drug-likeness (QED) is 0.265. The van der Waals surface area contributed by atoms with E-state index in [1.807, 2.05) is 0 Å². The van der Waals surface area contributed by atoms with Crippen molar-refractivity contribution in [3.8, 4) is 11.5 Å². The van der Waals surface area contributed by atoms with Crippen molar-refractivity contribution in [2.75, 3.05) is 0 Å². The molecule has 0 N–H and O–H groups in total. The lowest BCUT2D eigenvalue weighted by Crippen LogP contribution is -2.31. The molecule has 1 fully saturated rings. The van der Waals surface area contributed by atoms with Crippen molar-refractivity contribution in [3.63, 3.8) is 0 Å². The topological polar surface area (TPSA) is 105 Å². The standard InChI is InChI=1S/C20H16F6N2O6/c21-19(22,23)15-9-11(27(29)30)1-7-17(15)33-13-3-5-14(6-4-13)34-18-8-2-12(28(31)32)10-16(18)20(24,25)26/h1-2,7-10,13-14H,3-6H2. The van der Waals surface area contributed by atoms with Crippen molar-refractivity contribution >= 4 is 11.4 Å². The Labute approximate surface area is 187 Å². The number of nitro benzene ring substituents is 2. The third-order valence-electron chi connectivity index (χ3n) is 5.17. The second-order valence-electron chi connectivity index (χ2n) is 7.51. The predicted octanol–water partition coefficient (Wildman–Crippen LogP) is 6.31. The number of non-ortho nitro benzene ring substituents is 2. The number of benzene rings is 2. The average molecular weight is 494 g/mol. The van der Waals surface area contributed by atoms with Gasteiger partial charge in [-0.05, 0) is 37.8 Å². The fourth-order valence-corrected chi connectivity index (χ4v) is 3.54. The number of hydrogen-bond acceptors (Lipinski definition) is 6. The first-order valence-corrected chi connectivity index (χ1v) is 9.80. The summed E-state index contributed by atoms with van der Waals surface area (Å²) in [5.41, 5.74) is -4.11. The SMILES string of the molecule is O=[N+]([O-])c1ccc(OC2CCC(Oc3ccc([N+](=O)[O-])cc3C(F)(F)F)CC2)c(C(F)(F)F)c1. The number of ether oxygens (including phenoxy) is 2. The molecule has 0 saturated heterocycles. The highest BCUT2D eigenvalue weighted by Crippen LogP contribution is 2.41. The average Bonchev–Trinajstić information content (AvgIpc) is 2.74. The lowest BCUT2D eigenvalue weighted by Gasteiger charge is -2.30. The van der Waals surface area contributed by atoms with Crippen LogP contribution in [-0.2, 0) is 12.4 Å². The summed E-state index contributed by atoms with van der Waals surface area (Å²) in [7, 11) is 0. The molecule has 0 bridgehead atoms. The number of rotatable bonds is 6. The first-order chi connectivity index (χ1) is 15.8. The van der Waals surface area contributed by atoms with Gasteiger partial charge in [0.1, 0.15) is 22.6 Å². The van der Waals surface area contributed by atoms with E-state index in [1.165, 1.54) is 0 Å². The van der Waals surface area contributed by atoms with Crippen molar-refractivity contribution in [2.24, 2.45) is 0 Å². The summed E-state index contributed by atoms with van der Waals surface area (Å²) in [5.74, 6) is -1.17. The van der Waals surface area contributed by atoms with Crippen LogP contribution in [0.25, 0.3) is 0 Å². The largest absolute Gasteiger partial charge is 0.490 e. The van der Waals surface area contributed by atoms with E-state index in [4.69, 9.17) is 9.47 Å². The van der Waals surface area contributed by atoms with E-state index in [-0.39, 0.29) is 25.7 Å². The number of halogens is 6. The minimum Gasteiger partial charge on any atom is -0.490 e. The van der Waals surface area contributed by atoms with Gasteiger partial charge in [-0.25, -0.2) is 0 Å². The Morgan fingerprint density at radius 2 is 1.00 bits per heavy atom. The van der Waals surface area contributed by atoms with E-state index in [2.05, 4.69) is 0 Å². The van der Waals surface area contributed by atoms with Crippen molar-refractivity contribution in [1.82, 2.24) is 0 Å². The molecule has 1 saturated carbocycles. The molecule has 1 aliphatic rings. The lowest BCUT2D eigenvalue weighted by atomic mass is 9.94. The summed E-state index contributed by atoms with van der Waals surface area (Å²) < 4.78 is 90.7. The molecule has 2 aromatic rings. The normalized spacial score (nSPS) is 18.9. The molecule has 1 aliphatic carbocycles. The van der Waals surface area contributed by atoms with Crippen LogP contribution in [0.2, 0.25) is 0 Å². The lowest BCUT2D eigenvalue weighted by molar-refractivity contribution is -0.385. The van der Waals surface area contributed by atoms with E-state index in [1.54, 1.807) is 0 Å². The molecule has 0 aromatic heterocycles. The van der Waals surface area contributed by atoms with Crippen LogP contribution < -0.4 is 9.47 Å². The van der Waals surface area contributed by atoms with Crippen molar-refractivity contribution < 1.29 is 45.7 Å². The van der Waals surface area contributed by atoms with Crippen LogP contribution >= 0.6 is 0 Å². The molecule has 0 unspecified atom stereocenters. The summed E-state index contributed by atoms with van der Waals surface area (Å²) in [6.45, 7) is 0. The Balaban J connectivity index is 1.69. The van der Waals surface area contributed by atoms with Crippen LogP contribution in [0.4, 0.5) is 37.7 Å². The van der Waals surface area contributed by atoms with Gasteiger partial charge in [0.2, 0.25) is 0 Å². The highest BCUT2D eigenvalue weighted by atomic mass is 19.4. The minimum absolute atomic E-state index is 0.146. The second kappa shape index (κ2) is 9.35. The van der Waals surface area contributed by atoms with Gasteiger partial charge in [0, 0.05) is 24.3 Å². The van der Waals surface area contributed by atoms with Gasteiger partial charge < -0.3 is 9.47 Å².